The number of hydrogen-bond donors (Lipinski definition) is 1. The van der Waals surface area contributed by atoms with Crippen LogP contribution in [0, 0.1) is 6.92 Å². The minimum atomic E-state index is 0.446. The molecule has 1 aromatic heterocycles. The Morgan fingerprint density at radius 1 is 1.10 bits per heavy atom. The van der Waals surface area contributed by atoms with Crippen molar-refractivity contribution < 1.29 is 0 Å². The topological polar surface area (TPSA) is 41.1 Å². The van der Waals surface area contributed by atoms with Crippen LogP contribution in [0.1, 0.15) is 64.0 Å². The number of rotatable bonds is 9. The first kappa shape index (κ1) is 17.9. The summed E-state index contributed by atoms with van der Waals surface area (Å²) in [6.07, 6.45) is 2.02. The third-order valence-corrected chi connectivity index (χ3v) is 3.85. The highest BCUT2D eigenvalue weighted by molar-refractivity contribution is 5.48. The molecule has 0 spiro atoms. The van der Waals surface area contributed by atoms with Crippen LogP contribution in [0.3, 0.4) is 0 Å². The van der Waals surface area contributed by atoms with Crippen molar-refractivity contribution in [3.05, 3.63) is 17.1 Å². The third kappa shape index (κ3) is 5.27. The van der Waals surface area contributed by atoms with E-state index >= 15 is 0 Å². The molecular weight excluding hydrogens is 260 g/mol. The quantitative estimate of drug-likeness (QED) is 0.755. The lowest BCUT2D eigenvalue weighted by molar-refractivity contribution is 0.305. The van der Waals surface area contributed by atoms with Crippen LogP contribution in [0.15, 0.2) is 0 Å². The largest absolute Gasteiger partial charge is 0.370 e. The Labute approximate surface area is 130 Å². The van der Waals surface area contributed by atoms with Gasteiger partial charge in [-0.05, 0) is 32.4 Å². The van der Waals surface area contributed by atoms with Gasteiger partial charge in [-0.1, -0.05) is 34.6 Å². The molecule has 0 aliphatic rings. The van der Waals surface area contributed by atoms with Crippen LogP contribution in [-0.2, 0) is 6.42 Å². The molecule has 4 nitrogen and oxygen atoms in total. The van der Waals surface area contributed by atoms with Crippen LogP contribution in [0.2, 0.25) is 0 Å². The first-order valence-corrected chi connectivity index (χ1v) is 8.36. The van der Waals surface area contributed by atoms with E-state index in [4.69, 9.17) is 9.97 Å². The Morgan fingerprint density at radius 3 is 2.29 bits per heavy atom. The number of anilines is 1. The summed E-state index contributed by atoms with van der Waals surface area (Å²) in [6.45, 7) is 17.3. The summed E-state index contributed by atoms with van der Waals surface area (Å²) in [5, 5.41) is 3.48. The van der Waals surface area contributed by atoms with Crippen molar-refractivity contribution in [2.75, 3.05) is 31.5 Å². The second-order valence-corrected chi connectivity index (χ2v) is 5.85. The highest BCUT2D eigenvalue weighted by Gasteiger charge is 2.14. The molecule has 0 fully saturated rings. The first-order chi connectivity index (χ1) is 10.0. The predicted octanol–water partition coefficient (Wildman–Crippen LogP) is 3.61. The summed E-state index contributed by atoms with van der Waals surface area (Å²) >= 11 is 0. The maximum Gasteiger partial charge on any atom is 0.133 e. The molecular formula is C17H32N4. The molecule has 0 aliphatic carbocycles. The van der Waals surface area contributed by atoms with Crippen molar-refractivity contribution in [1.29, 1.82) is 0 Å². The van der Waals surface area contributed by atoms with Gasteiger partial charge in [-0.25, -0.2) is 9.97 Å². The van der Waals surface area contributed by atoms with Crippen molar-refractivity contribution in [3.8, 4) is 0 Å². The fraction of sp³-hybridized carbons (Fsp3) is 0.765. The molecule has 4 heteroatoms. The highest BCUT2D eigenvalue weighted by atomic mass is 15.1. The van der Waals surface area contributed by atoms with Crippen molar-refractivity contribution in [2.24, 2.45) is 0 Å². The molecule has 0 radical (unpaired) electrons. The molecule has 120 valence electrons. The molecule has 1 rings (SSSR count). The Morgan fingerprint density at radius 2 is 1.76 bits per heavy atom. The molecule has 0 bridgehead atoms. The number of aryl methyl sites for hydroxylation is 1. The fourth-order valence-corrected chi connectivity index (χ4v) is 2.62. The summed E-state index contributed by atoms with van der Waals surface area (Å²) in [6, 6.07) is 0. The average Bonchev–Trinajstić information content (AvgIpc) is 2.45. The standard InChI is InChI=1S/C17H32N4/c1-7-11-18-17-16(13(4)5)14(6)19-15(20-17)10-12-21(8-2)9-3/h13H,7-12H2,1-6H3,(H,18,19,20). The van der Waals surface area contributed by atoms with Gasteiger partial charge in [0.15, 0.2) is 0 Å². The highest BCUT2D eigenvalue weighted by Crippen LogP contribution is 2.25. The van der Waals surface area contributed by atoms with E-state index in [9.17, 15) is 0 Å². The normalized spacial score (nSPS) is 11.4. The van der Waals surface area contributed by atoms with E-state index < -0.39 is 0 Å². The van der Waals surface area contributed by atoms with Crippen LogP contribution >= 0.6 is 0 Å². The number of nitrogens with one attached hydrogen (secondary N) is 1. The maximum absolute atomic E-state index is 4.78. The van der Waals surface area contributed by atoms with Gasteiger partial charge in [0.25, 0.3) is 0 Å². The van der Waals surface area contributed by atoms with Gasteiger partial charge in [-0.3, -0.25) is 0 Å². The van der Waals surface area contributed by atoms with Gasteiger partial charge in [0, 0.05) is 30.8 Å². The second kappa shape index (κ2) is 8.98. The predicted molar refractivity (Wildman–Crippen MR) is 91.1 cm³/mol. The van der Waals surface area contributed by atoms with E-state index in [1.54, 1.807) is 0 Å². The minimum absolute atomic E-state index is 0.446. The molecule has 1 aromatic rings. The Kier molecular flexibility index (Phi) is 7.65. The van der Waals surface area contributed by atoms with E-state index in [1.165, 1.54) is 5.56 Å². The molecule has 0 amide bonds. The zero-order chi connectivity index (χ0) is 15.8. The third-order valence-electron chi connectivity index (χ3n) is 3.85. The molecule has 0 saturated carbocycles. The molecule has 21 heavy (non-hydrogen) atoms. The van der Waals surface area contributed by atoms with E-state index in [0.717, 1.165) is 56.4 Å². The van der Waals surface area contributed by atoms with Gasteiger partial charge in [-0.15, -0.1) is 0 Å². The Balaban J connectivity index is 2.93. The van der Waals surface area contributed by atoms with Crippen LogP contribution in [0.4, 0.5) is 5.82 Å². The van der Waals surface area contributed by atoms with E-state index in [2.05, 4.69) is 51.8 Å². The van der Waals surface area contributed by atoms with Crippen molar-refractivity contribution in [3.63, 3.8) is 0 Å². The smallest absolute Gasteiger partial charge is 0.133 e. The molecule has 1 N–H and O–H groups in total. The van der Waals surface area contributed by atoms with Crippen LogP contribution < -0.4 is 5.32 Å². The van der Waals surface area contributed by atoms with Crippen molar-refractivity contribution in [1.82, 2.24) is 14.9 Å². The summed E-state index contributed by atoms with van der Waals surface area (Å²) in [7, 11) is 0. The molecule has 0 atom stereocenters. The average molecular weight is 292 g/mol. The summed E-state index contributed by atoms with van der Waals surface area (Å²) in [5.74, 6) is 2.44. The number of nitrogens with zero attached hydrogens (tertiary/aromatic N) is 3. The zero-order valence-corrected chi connectivity index (χ0v) is 14.7. The van der Waals surface area contributed by atoms with Crippen LogP contribution in [0.25, 0.3) is 0 Å². The number of aromatic nitrogens is 2. The molecule has 0 saturated heterocycles. The zero-order valence-electron chi connectivity index (χ0n) is 14.7. The number of likely N-dealkylation sites (N-methyl/N-ethyl adjacent to an activating group) is 1. The van der Waals surface area contributed by atoms with Gasteiger partial charge in [0.2, 0.25) is 0 Å². The first-order valence-electron chi connectivity index (χ1n) is 8.36. The van der Waals surface area contributed by atoms with Gasteiger partial charge in [0.05, 0.1) is 0 Å². The minimum Gasteiger partial charge on any atom is -0.370 e. The summed E-state index contributed by atoms with van der Waals surface area (Å²) < 4.78 is 0. The molecule has 0 aromatic carbocycles. The molecule has 0 aliphatic heterocycles. The lowest BCUT2D eigenvalue weighted by Gasteiger charge is -2.19. The van der Waals surface area contributed by atoms with Crippen molar-refractivity contribution in [2.45, 2.75) is 60.3 Å². The van der Waals surface area contributed by atoms with E-state index in [0.29, 0.717) is 5.92 Å². The van der Waals surface area contributed by atoms with Crippen molar-refractivity contribution >= 4 is 5.82 Å². The maximum atomic E-state index is 4.78. The fourth-order valence-electron chi connectivity index (χ4n) is 2.62. The molecule has 1 heterocycles. The monoisotopic (exact) mass is 292 g/mol. The summed E-state index contributed by atoms with van der Waals surface area (Å²) in [4.78, 5) is 11.9. The molecule has 0 unspecified atom stereocenters. The Bertz CT molecular complexity index is 425. The van der Waals surface area contributed by atoms with Gasteiger partial charge in [0.1, 0.15) is 11.6 Å². The van der Waals surface area contributed by atoms with Crippen LogP contribution in [-0.4, -0.2) is 41.0 Å². The van der Waals surface area contributed by atoms with E-state index in [1.807, 2.05) is 0 Å². The lowest BCUT2D eigenvalue weighted by atomic mass is 10.0. The van der Waals surface area contributed by atoms with Gasteiger partial charge >= 0.3 is 0 Å². The summed E-state index contributed by atoms with van der Waals surface area (Å²) in [5.41, 5.74) is 2.38. The van der Waals surface area contributed by atoms with Gasteiger partial charge in [-0.2, -0.15) is 0 Å². The lowest BCUT2D eigenvalue weighted by Crippen LogP contribution is -2.26. The van der Waals surface area contributed by atoms with E-state index in [-0.39, 0.29) is 0 Å². The number of hydrogen-bond acceptors (Lipinski definition) is 4. The Hall–Kier alpha value is -1.16. The van der Waals surface area contributed by atoms with Crippen LogP contribution in [0.5, 0.6) is 0 Å². The van der Waals surface area contributed by atoms with Gasteiger partial charge < -0.3 is 10.2 Å². The second-order valence-electron chi connectivity index (χ2n) is 5.85. The SMILES string of the molecule is CCCNc1nc(CCN(CC)CC)nc(C)c1C(C)C.